The van der Waals surface area contributed by atoms with Gasteiger partial charge >= 0.3 is 5.63 Å². The van der Waals surface area contributed by atoms with E-state index in [0.29, 0.717) is 57.6 Å². The summed E-state index contributed by atoms with van der Waals surface area (Å²) in [5.41, 5.74) is 4.21. The Morgan fingerprint density at radius 3 is 2.52 bits per heavy atom. The van der Waals surface area contributed by atoms with E-state index in [1.54, 1.807) is 16.9 Å². The summed E-state index contributed by atoms with van der Waals surface area (Å²) in [5, 5.41) is 7.70. The van der Waals surface area contributed by atoms with Gasteiger partial charge in [-0.3, -0.25) is 0 Å². The third-order valence-corrected chi connectivity index (χ3v) is 8.41. The van der Waals surface area contributed by atoms with Gasteiger partial charge < -0.3 is 13.9 Å². The molecule has 8 aromatic rings. The van der Waals surface area contributed by atoms with Gasteiger partial charge in [-0.25, -0.2) is 19.3 Å². The predicted octanol–water partition coefficient (Wildman–Crippen LogP) is 7.92. The summed E-state index contributed by atoms with van der Waals surface area (Å²) in [4.78, 5) is 23.5. The summed E-state index contributed by atoms with van der Waals surface area (Å²) < 4.78 is 20.2. The first-order valence-electron chi connectivity index (χ1n) is 14.9. The van der Waals surface area contributed by atoms with Crippen LogP contribution in [0.5, 0.6) is 17.4 Å². The Morgan fingerprint density at radius 1 is 0.783 bits per heavy atom. The molecule has 1 atom stereocenters. The van der Waals surface area contributed by atoms with Gasteiger partial charge in [0.25, 0.3) is 0 Å². The lowest BCUT2D eigenvalue weighted by Gasteiger charge is -2.27. The van der Waals surface area contributed by atoms with E-state index in [0.717, 1.165) is 27.5 Å². The van der Waals surface area contributed by atoms with Crippen molar-refractivity contribution in [2.75, 3.05) is 0 Å². The number of para-hydroxylation sites is 1. The van der Waals surface area contributed by atoms with Gasteiger partial charge in [0, 0.05) is 5.56 Å². The first kappa shape index (κ1) is 26.2. The zero-order valence-electron chi connectivity index (χ0n) is 24.3. The van der Waals surface area contributed by atoms with Crippen LogP contribution in [0, 0.1) is 0 Å². The second kappa shape index (κ2) is 10.4. The number of fused-ring (bicyclic) bond motifs is 7. The predicted molar refractivity (Wildman–Crippen MR) is 174 cm³/mol. The van der Waals surface area contributed by atoms with Crippen molar-refractivity contribution in [1.29, 1.82) is 0 Å². The molecule has 5 aromatic carbocycles. The molecule has 8 heteroatoms. The highest BCUT2D eigenvalue weighted by molar-refractivity contribution is 5.88. The lowest BCUT2D eigenvalue weighted by molar-refractivity contribution is 0.306. The van der Waals surface area contributed by atoms with Crippen LogP contribution in [0.15, 0.2) is 137 Å². The molecule has 220 valence electrons. The molecule has 4 heterocycles. The molecule has 1 aliphatic rings. The van der Waals surface area contributed by atoms with Crippen molar-refractivity contribution in [3.05, 3.63) is 160 Å². The van der Waals surface area contributed by atoms with Crippen molar-refractivity contribution in [1.82, 2.24) is 19.6 Å². The van der Waals surface area contributed by atoms with Gasteiger partial charge in [0.05, 0.1) is 22.4 Å². The molecule has 46 heavy (non-hydrogen) atoms. The van der Waals surface area contributed by atoms with E-state index in [1.807, 2.05) is 91.0 Å². The molecule has 3 aromatic heterocycles. The van der Waals surface area contributed by atoms with E-state index in [-0.39, 0.29) is 0 Å². The van der Waals surface area contributed by atoms with Crippen molar-refractivity contribution >= 4 is 27.4 Å². The van der Waals surface area contributed by atoms with Crippen LogP contribution in [0.1, 0.15) is 28.2 Å². The second-order valence-electron chi connectivity index (χ2n) is 11.2. The van der Waals surface area contributed by atoms with Crippen LogP contribution < -0.4 is 15.1 Å². The van der Waals surface area contributed by atoms with Gasteiger partial charge in [-0.1, -0.05) is 91.0 Å². The van der Waals surface area contributed by atoms with Gasteiger partial charge in [0.1, 0.15) is 24.3 Å². The van der Waals surface area contributed by atoms with Gasteiger partial charge in [-0.2, -0.15) is 0 Å². The molecular formula is C38H24N4O4. The molecule has 8 nitrogen and oxygen atoms in total. The van der Waals surface area contributed by atoms with Crippen LogP contribution >= 0.6 is 0 Å². The zero-order chi connectivity index (χ0) is 30.6. The summed E-state index contributed by atoms with van der Waals surface area (Å²) >= 11 is 0. The number of nitrogens with zero attached hydrogens (tertiary/aromatic N) is 4. The number of aromatic nitrogens is 4. The fourth-order valence-corrected chi connectivity index (χ4v) is 6.24. The second-order valence-corrected chi connectivity index (χ2v) is 11.2. The number of ether oxygens (including phenoxy) is 2. The molecule has 0 spiro atoms. The van der Waals surface area contributed by atoms with Crippen molar-refractivity contribution in [2.24, 2.45) is 0 Å². The number of benzene rings is 5. The van der Waals surface area contributed by atoms with Gasteiger partial charge in [-0.15, -0.1) is 5.10 Å². The molecule has 0 aliphatic carbocycles. The highest BCUT2D eigenvalue weighted by atomic mass is 16.5. The van der Waals surface area contributed by atoms with E-state index in [9.17, 15) is 4.79 Å². The number of rotatable bonds is 5. The molecule has 0 fully saturated rings. The van der Waals surface area contributed by atoms with Crippen LogP contribution in [0.25, 0.3) is 38.8 Å². The molecular weight excluding hydrogens is 576 g/mol. The fourth-order valence-electron chi connectivity index (χ4n) is 6.24. The van der Waals surface area contributed by atoms with Crippen LogP contribution in [0.4, 0.5) is 0 Å². The first-order chi connectivity index (χ1) is 22.7. The Kier molecular flexibility index (Phi) is 5.92. The molecule has 0 saturated heterocycles. The Labute approximate surface area is 262 Å². The number of hydrogen-bond donors (Lipinski definition) is 0. The molecule has 0 bridgehead atoms. The minimum absolute atomic E-state index is 0.355. The molecule has 1 aliphatic heterocycles. The molecule has 0 N–H and O–H groups in total. The maximum Gasteiger partial charge on any atom is 0.344 e. The summed E-state index contributed by atoms with van der Waals surface area (Å²) in [6.45, 7) is 0.406. The SMILES string of the molecule is O=c1oc2ccccc2c2c1C(c1cccc(OCc3ccccc3)c1)c1c(ncn3nc(-c4ccc5ccccc5c4)nc13)O2. The van der Waals surface area contributed by atoms with Crippen molar-refractivity contribution in [3.8, 4) is 28.8 Å². The molecule has 0 amide bonds. The summed E-state index contributed by atoms with van der Waals surface area (Å²) in [6.07, 6.45) is 1.60. The Bertz CT molecular complexity index is 2500. The van der Waals surface area contributed by atoms with E-state index in [1.165, 1.54) is 0 Å². The highest BCUT2D eigenvalue weighted by Crippen LogP contribution is 2.49. The van der Waals surface area contributed by atoms with E-state index >= 15 is 0 Å². The standard InChI is InChI=1S/C38H24N4O4/c43-38-32-31(26-13-8-14-28(20-26)44-21-23-9-2-1-3-10-23)33-36-40-35(27-18-17-24-11-4-5-12-25(24)19-27)41-42(36)22-39-37(33)46-34(32)29-15-6-7-16-30(29)45-38/h1-20,22,31H,21H2. The Hall–Kier alpha value is -6.28. The minimum Gasteiger partial charge on any atom is -0.489 e. The van der Waals surface area contributed by atoms with Crippen LogP contribution in [-0.2, 0) is 6.61 Å². The molecule has 1 unspecified atom stereocenters. The minimum atomic E-state index is -0.621. The van der Waals surface area contributed by atoms with Crippen LogP contribution in [0.2, 0.25) is 0 Å². The maximum absolute atomic E-state index is 13.8. The molecule has 0 saturated carbocycles. The quantitative estimate of drug-likeness (QED) is 0.185. The smallest absolute Gasteiger partial charge is 0.344 e. The van der Waals surface area contributed by atoms with Crippen LogP contribution in [0.3, 0.4) is 0 Å². The van der Waals surface area contributed by atoms with Crippen molar-refractivity contribution < 1.29 is 13.9 Å². The van der Waals surface area contributed by atoms with Gasteiger partial charge in [-0.05, 0) is 52.2 Å². The number of hydrogen-bond acceptors (Lipinski definition) is 7. The lowest BCUT2D eigenvalue weighted by Crippen LogP contribution is -2.22. The first-order valence-corrected chi connectivity index (χ1v) is 14.9. The Balaban J connectivity index is 1.24. The van der Waals surface area contributed by atoms with Crippen molar-refractivity contribution in [2.45, 2.75) is 12.5 Å². The average molecular weight is 601 g/mol. The summed E-state index contributed by atoms with van der Waals surface area (Å²) in [5.74, 6) is 1.36. The van der Waals surface area contributed by atoms with E-state index in [4.69, 9.17) is 24.0 Å². The molecule has 0 radical (unpaired) electrons. The topological polar surface area (TPSA) is 91.8 Å². The van der Waals surface area contributed by atoms with Gasteiger partial charge in [0.2, 0.25) is 5.88 Å². The van der Waals surface area contributed by atoms with E-state index in [2.05, 4.69) is 29.2 Å². The third-order valence-electron chi connectivity index (χ3n) is 8.41. The summed E-state index contributed by atoms with van der Waals surface area (Å²) in [7, 11) is 0. The average Bonchev–Trinajstić information content (AvgIpc) is 3.55. The van der Waals surface area contributed by atoms with Crippen LogP contribution in [-0.4, -0.2) is 19.6 Å². The summed E-state index contributed by atoms with van der Waals surface area (Å²) in [6, 6.07) is 39.4. The largest absolute Gasteiger partial charge is 0.489 e. The molecule has 9 rings (SSSR count). The highest BCUT2D eigenvalue weighted by Gasteiger charge is 2.37. The third kappa shape index (κ3) is 4.30. The van der Waals surface area contributed by atoms with Crippen molar-refractivity contribution in [3.63, 3.8) is 0 Å². The Morgan fingerprint density at radius 2 is 1.61 bits per heavy atom. The zero-order valence-corrected chi connectivity index (χ0v) is 24.3. The normalized spacial score (nSPS) is 13.8. The monoisotopic (exact) mass is 600 g/mol. The van der Waals surface area contributed by atoms with E-state index < -0.39 is 11.5 Å². The maximum atomic E-state index is 13.8. The van der Waals surface area contributed by atoms with Gasteiger partial charge in [0.15, 0.2) is 17.2 Å². The lowest BCUT2D eigenvalue weighted by atomic mass is 9.84. The fraction of sp³-hybridized carbons (Fsp3) is 0.0526.